The molecule has 1 aromatic rings. The zero-order chi connectivity index (χ0) is 17.1. The number of carbonyl (C=O) groups is 2. The van der Waals surface area contributed by atoms with Crippen LogP contribution in [0, 0.1) is 0 Å². The maximum atomic E-state index is 12.6. The molecule has 0 aliphatic carbocycles. The molecule has 1 aliphatic rings. The fraction of sp³-hybridized carbons (Fsp3) is 0.500. The summed E-state index contributed by atoms with van der Waals surface area (Å²) in [6.45, 7) is 7.09. The highest BCUT2D eigenvalue weighted by molar-refractivity contribution is 6.43. The lowest BCUT2D eigenvalue weighted by Gasteiger charge is -2.39. The largest absolute Gasteiger partial charge is 0.340 e. The summed E-state index contributed by atoms with van der Waals surface area (Å²) in [5.74, 6) is -0.508. The van der Waals surface area contributed by atoms with Gasteiger partial charge in [-0.3, -0.25) is 9.59 Å². The van der Waals surface area contributed by atoms with Crippen molar-refractivity contribution in [2.45, 2.75) is 38.9 Å². The maximum Gasteiger partial charge on any atom is 0.253 e. The lowest BCUT2D eigenvalue weighted by Crippen LogP contribution is -2.60. The number of halogens is 3. The Morgan fingerprint density at radius 1 is 1.33 bits per heavy atom. The van der Waals surface area contributed by atoms with Gasteiger partial charge in [-0.15, -0.1) is 12.4 Å². The molecule has 1 aromatic carbocycles. The van der Waals surface area contributed by atoms with Crippen LogP contribution in [0.1, 0.15) is 31.1 Å². The van der Waals surface area contributed by atoms with Crippen LogP contribution in [-0.4, -0.2) is 47.9 Å². The average molecular weight is 395 g/mol. The number of rotatable bonds is 3. The molecule has 1 saturated heterocycles. The van der Waals surface area contributed by atoms with Gasteiger partial charge in [-0.25, -0.2) is 0 Å². The van der Waals surface area contributed by atoms with E-state index in [2.05, 4.69) is 10.6 Å². The van der Waals surface area contributed by atoms with Crippen molar-refractivity contribution in [3.8, 4) is 0 Å². The van der Waals surface area contributed by atoms with Gasteiger partial charge in [-0.05, 0) is 32.9 Å². The van der Waals surface area contributed by atoms with E-state index in [0.717, 1.165) is 6.54 Å². The Morgan fingerprint density at radius 2 is 2.00 bits per heavy atom. The lowest BCUT2D eigenvalue weighted by atomic mass is 10.1. The maximum absolute atomic E-state index is 12.6. The van der Waals surface area contributed by atoms with Gasteiger partial charge in [-0.2, -0.15) is 0 Å². The lowest BCUT2D eigenvalue weighted by molar-refractivity contribution is -0.136. The van der Waals surface area contributed by atoms with E-state index in [0.29, 0.717) is 11.6 Å². The summed E-state index contributed by atoms with van der Waals surface area (Å²) < 4.78 is 0. The zero-order valence-electron chi connectivity index (χ0n) is 13.8. The van der Waals surface area contributed by atoms with Crippen molar-refractivity contribution in [3.63, 3.8) is 0 Å². The summed E-state index contributed by atoms with van der Waals surface area (Å²) >= 11 is 12.0. The fourth-order valence-electron chi connectivity index (χ4n) is 2.63. The van der Waals surface area contributed by atoms with Crippen LogP contribution in [0.25, 0.3) is 0 Å². The smallest absolute Gasteiger partial charge is 0.253 e. The first-order valence-electron chi connectivity index (χ1n) is 7.61. The Kier molecular flexibility index (Phi) is 7.80. The minimum absolute atomic E-state index is 0. The summed E-state index contributed by atoms with van der Waals surface area (Å²) in [6.07, 6.45) is 0. The molecule has 0 aromatic heterocycles. The molecule has 5 nitrogen and oxygen atoms in total. The molecule has 0 saturated carbocycles. The molecule has 3 unspecified atom stereocenters. The number of amides is 2. The van der Waals surface area contributed by atoms with Gasteiger partial charge in [0.15, 0.2) is 0 Å². The van der Waals surface area contributed by atoms with Gasteiger partial charge in [0, 0.05) is 25.2 Å². The van der Waals surface area contributed by atoms with Crippen LogP contribution >= 0.6 is 35.6 Å². The third kappa shape index (κ3) is 4.54. The second kappa shape index (κ2) is 8.90. The van der Waals surface area contributed by atoms with Crippen molar-refractivity contribution in [2.75, 3.05) is 13.1 Å². The van der Waals surface area contributed by atoms with Crippen molar-refractivity contribution in [1.82, 2.24) is 15.5 Å². The highest BCUT2D eigenvalue weighted by Crippen LogP contribution is 2.25. The van der Waals surface area contributed by atoms with E-state index >= 15 is 0 Å². The predicted molar refractivity (Wildman–Crippen MR) is 99.3 cm³/mol. The molecule has 24 heavy (non-hydrogen) atoms. The first kappa shape index (κ1) is 21.0. The molecule has 8 heteroatoms. The standard InChI is InChI=1S/C16H21Cl2N3O2.ClH/c1-9-11(3)21(8-7-19-9)16(23)10(2)20-15(22)12-5-4-6-13(17)14(12)18;/h4-6,9-11,19H,7-8H2,1-3H3,(H,20,22);1H. The van der Waals surface area contributed by atoms with E-state index in [4.69, 9.17) is 23.2 Å². The molecular formula is C16H22Cl3N3O2. The Morgan fingerprint density at radius 3 is 2.67 bits per heavy atom. The monoisotopic (exact) mass is 393 g/mol. The highest BCUT2D eigenvalue weighted by atomic mass is 35.5. The van der Waals surface area contributed by atoms with Crippen molar-refractivity contribution < 1.29 is 9.59 Å². The Bertz CT molecular complexity index is 612. The first-order chi connectivity index (χ1) is 10.8. The number of hydrogen-bond acceptors (Lipinski definition) is 3. The fourth-order valence-corrected chi connectivity index (χ4v) is 3.02. The molecule has 2 rings (SSSR count). The van der Waals surface area contributed by atoms with Crippen molar-refractivity contribution in [2.24, 2.45) is 0 Å². The molecule has 1 heterocycles. The molecule has 3 atom stereocenters. The summed E-state index contributed by atoms with van der Waals surface area (Å²) in [6, 6.07) is 4.50. The number of hydrogen-bond donors (Lipinski definition) is 2. The quantitative estimate of drug-likeness (QED) is 0.828. The van der Waals surface area contributed by atoms with E-state index in [1.807, 2.05) is 13.8 Å². The third-order valence-corrected chi connectivity index (χ3v) is 5.05. The first-order valence-corrected chi connectivity index (χ1v) is 8.37. The van der Waals surface area contributed by atoms with E-state index in [1.165, 1.54) is 0 Å². The summed E-state index contributed by atoms with van der Waals surface area (Å²) in [5, 5.41) is 6.52. The second-order valence-electron chi connectivity index (χ2n) is 5.81. The van der Waals surface area contributed by atoms with Crippen molar-refractivity contribution in [3.05, 3.63) is 33.8 Å². The van der Waals surface area contributed by atoms with E-state index < -0.39 is 11.9 Å². The number of piperazine rings is 1. The molecule has 0 bridgehead atoms. The van der Waals surface area contributed by atoms with Gasteiger partial charge in [-0.1, -0.05) is 29.3 Å². The summed E-state index contributed by atoms with van der Waals surface area (Å²) in [5.41, 5.74) is 0.264. The zero-order valence-corrected chi connectivity index (χ0v) is 16.1. The van der Waals surface area contributed by atoms with Gasteiger partial charge in [0.05, 0.1) is 15.6 Å². The number of nitrogens with one attached hydrogen (secondary N) is 2. The average Bonchev–Trinajstić information content (AvgIpc) is 2.51. The van der Waals surface area contributed by atoms with Gasteiger partial charge < -0.3 is 15.5 Å². The van der Waals surface area contributed by atoms with Crippen LogP contribution in [0.4, 0.5) is 0 Å². The Labute approximate surface area is 158 Å². The van der Waals surface area contributed by atoms with Crippen molar-refractivity contribution >= 4 is 47.4 Å². The third-order valence-electron chi connectivity index (χ3n) is 4.23. The Balaban J connectivity index is 0.00000288. The summed E-state index contributed by atoms with van der Waals surface area (Å²) in [7, 11) is 0. The predicted octanol–water partition coefficient (Wildman–Crippen LogP) is 2.74. The molecular weight excluding hydrogens is 373 g/mol. The van der Waals surface area contributed by atoms with E-state index in [-0.39, 0.29) is 41.0 Å². The Hall–Kier alpha value is -1.01. The second-order valence-corrected chi connectivity index (χ2v) is 6.60. The van der Waals surface area contributed by atoms with Gasteiger partial charge >= 0.3 is 0 Å². The molecule has 2 N–H and O–H groups in total. The molecule has 134 valence electrons. The minimum Gasteiger partial charge on any atom is -0.340 e. The van der Waals surface area contributed by atoms with Crippen LogP contribution in [0.3, 0.4) is 0 Å². The van der Waals surface area contributed by atoms with Crippen LogP contribution in [0.5, 0.6) is 0 Å². The van der Waals surface area contributed by atoms with Gasteiger partial charge in [0.25, 0.3) is 5.91 Å². The SMILES string of the molecule is CC(NC(=O)c1cccc(Cl)c1Cl)C(=O)N1CCNC(C)C1C.Cl. The van der Waals surface area contributed by atoms with Crippen LogP contribution in [-0.2, 0) is 4.79 Å². The molecule has 1 aliphatic heterocycles. The number of benzene rings is 1. The number of carbonyl (C=O) groups excluding carboxylic acids is 2. The minimum atomic E-state index is -0.634. The van der Waals surface area contributed by atoms with E-state index in [9.17, 15) is 9.59 Å². The molecule has 1 fully saturated rings. The topological polar surface area (TPSA) is 61.4 Å². The van der Waals surface area contributed by atoms with E-state index in [1.54, 1.807) is 30.0 Å². The highest BCUT2D eigenvalue weighted by Gasteiger charge is 2.31. The summed E-state index contributed by atoms with van der Waals surface area (Å²) in [4.78, 5) is 26.7. The van der Waals surface area contributed by atoms with Crippen LogP contribution in [0.15, 0.2) is 18.2 Å². The van der Waals surface area contributed by atoms with Gasteiger partial charge in [0.1, 0.15) is 6.04 Å². The van der Waals surface area contributed by atoms with Crippen LogP contribution < -0.4 is 10.6 Å². The molecule has 0 spiro atoms. The molecule has 0 radical (unpaired) electrons. The van der Waals surface area contributed by atoms with Crippen LogP contribution in [0.2, 0.25) is 10.0 Å². The molecule has 2 amide bonds. The normalized spacial score (nSPS) is 21.6. The number of nitrogens with zero attached hydrogens (tertiary/aromatic N) is 1. The van der Waals surface area contributed by atoms with Crippen molar-refractivity contribution in [1.29, 1.82) is 0 Å². The van der Waals surface area contributed by atoms with Gasteiger partial charge in [0.2, 0.25) is 5.91 Å².